The number of fused-ring (bicyclic) bond motifs is 1. The Labute approximate surface area is 179 Å². The van der Waals surface area contributed by atoms with E-state index in [-0.39, 0.29) is 17.6 Å². The van der Waals surface area contributed by atoms with E-state index in [0.717, 1.165) is 31.1 Å². The molecule has 1 unspecified atom stereocenters. The fourth-order valence-electron chi connectivity index (χ4n) is 4.06. The monoisotopic (exact) mass is 428 g/mol. The lowest BCUT2D eigenvalue weighted by Crippen LogP contribution is -2.35. The molecule has 1 aliphatic carbocycles. The Hall–Kier alpha value is -2.30. The van der Waals surface area contributed by atoms with E-state index >= 15 is 0 Å². The van der Waals surface area contributed by atoms with Crippen molar-refractivity contribution in [1.29, 1.82) is 0 Å². The molecule has 1 atom stereocenters. The van der Waals surface area contributed by atoms with Crippen molar-refractivity contribution in [2.24, 2.45) is 5.92 Å². The number of halogens is 2. The highest BCUT2D eigenvalue weighted by Crippen LogP contribution is 2.38. The van der Waals surface area contributed by atoms with Gasteiger partial charge in [0.1, 0.15) is 11.3 Å². The van der Waals surface area contributed by atoms with Crippen LogP contribution >= 0.6 is 23.2 Å². The molecule has 3 aromatic rings. The van der Waals surface area contributed by atoms with E-state index in [1.807, 2.05) is 24.3 Å². The van der Waals surface area contributed by atoms with Crippen molar-refractivity contribution in [2.75, 3.05) is 0 Å². The number of hydrogen-bond acceptors (Lipinski definition) is 3. The molecule has 2 N–H and O–H groups in total. The third kappa shape index (κ3) is 4.19. The van der Waals surface area contributed by atoms with Gasteiger partial charge in [-0.1, -0.05) is 66.7 Å². The van der Waals surface area contributed by atoms with Crippen LogP contribution in [-0.4, -0.2) is 16.0 Å². The van der Waals surface area contributed by atoms with E-state index in [0.29, 0.717) is 26.7 Å². The predicted octanol–water partition coefficient (Wildman–Crippen LogP) is 6.03. The van der Waals surface area contributed by atoms with Crippen LogP contribution in [0, 0.1) is 5.92 Å². The molecule has 1 heterocycles. The Morgan fingerprint density at radius 2 is 1.83 bits per heavy atom. The maximum absolute atomic E-state index is 13.0. The highest BCUT2D eigenvalue weighted by Gasteiger charge is 2.28. The standard InChI is InChI=1S/C23H22Cl2N2O2/c24-16-9-11-17(19(25)13-16)21(27-23(29)15-5-2-1-3-6-15)18-10-8-14-7-4-12-26-20(14)22(18)28/h4,7-13,15,21,28H,1-3,5-6H2,(H,27,29). The molecular formula is C23H22Cl2N2O2. The third-order valence-corrected chi connectivity index (χ3v) is 6.19. The maximum Gasteiger partial charge on any atom is 0.223 e. The number of nitrogens with zero attached hydrogens (tertiary/aromatic N) is 1. The second kappa shape index (κ2) is 8.60. The Morgan fingerprint density at radius 3 is 2.59 bits per heavy atom. The van der Waals surface area contributed by atoms with Gasteiger partial charge >= 0.3 is 0 Å². The quantitative estimate of drug-likeness (QED) is 0.532. The first-order valence-corrected chi connectivity index (χ1v) is 10.6. The van der Waals surface area contributed by atoms with Gasteiger partial charge in [-0.05, 0) is 36.6 Å². The van der Waals surface area contributed by atoms with Crippen molar-refractivity contribution >= 4 is 40.0 Å². The first kappa shape index (κ1) is 20.0. The summed E-state index contributed by atoms with van der Waals surface area (Å²) in [6, 6.07) is 12.0. The maximum atomic E-state index is 13.0. The van der Waals surface area contributed by atoms with Crippen LogP contribution in [-0.2, 0) is 4.79 Å². The van der Waals surface area contributed by atoms with E-state index < -0.39 is 6.04 Å². The second-order valence-electron chi connectivity index (χ2n) is 7.52. The van der Waals surface area contributed by atoms with E-state index in [4.69, 9.17) is 23.2 Å². The molecule has 0 saturated heterocycles. The molecule has 1 amide bonds. The van der Waals surface area contributed by atoms with E-state index in [2.05, 4.69) is 10.3 Å². The molecule has 4 rings (SSSR count). The lowest BCUT2D eigenvalue weighted by molar-refractivity contribution is -0.126. The van der Waals surface area contributed by atoms with Gasteiger partial charge in [-0.15, -0.1) is 0 Å². The SMILES string of the molecule is O=C(NC(c1ccc(Cl)cc1Cl)c1ccc2cccnc2c1O)C1CCCCC1. The van der Waals surface area contributed by atoms with E-state index in [1.54, 1.807) is 24.4 Å². The molecule has 0 radical (unpaired) electrons. The number of hydrogen-bond donors (Lipinski definition) is 2. The molecule has 6 heteroatoms. The van der Waals surface area contributed by atoms with Crippen LogP contribution in [0.5, 0.6) is 5.75 Å². The predicted molar refractivity (Wildman–Crippen MR) is 116 cm³/mol. The summed E-state index contributed by atoms with van der Waals surface area (Å²) in [7, 11) is 0. The molecule has 0 spiro atoms. The van der Waals surface area contributed by atoms with Crippen LogP contribution in [0.15, 0.2) is 48.7 Å². The topological polar surface area (TPSA) is 62.2 Å². The van der Waals surface area contributed by atoms with Crippen LogP contribution in [0.4, 0.5) is 0 Å². The average molecular weight is 429 g/mol. The second-order valence-corrected chi connectivity index (χ2v) is 8.36. The summed E-state index contributed by atoms with van der Waals surface area (Å²) >= 11 is 12.6. The number of carbonyl (C=O) groups excluding carboxylic acids is 1. The number of phenols is 1. The van der Waals surface area contributed by atoms with Crippen molar-refractivity contribution in [3.8, 4) is 5.75 Å². The molecule has 1 saturated carbocycles. The van der Waals surface area contributed by atoms with Crippen molar-refractivity contribution in [3.05, 3.63) is 69.8 Å². The van der Waals surface area contributed by atoms with Crippen LogP contribution in [0.1, 0.15) is 49.3 Å². The zero-order chi connectivity index (χ0) is 20.4. The van der Waals surface area contributed by atoms with Crippen molar-refractivity contribution < 1.29 is 9.90 Å². The Morgan fingerprint density at radius 1 is 1.07 bits per heavy atom. The molecule has 1 fully saturated rings. The minimum absolute atomic E-state index is 0.0127. The van der Waals surface area contributed by atoms with Gasteiger partial charge in [0, 0.05) is 33.1 Å². The lowest BCUT2D eigenvalue weighted by atomic mass is 9.87. The van der Waals surface area contributed by atoms with Gasteiger partial charge in [0.2, 0.25) is 5.91 Å². The number of pyridine rings is 1. The fourth-order valence-corrected chi connectivity index (χ4v) is 4.58. The van der Waals surface area contributed by atoms with Crippen LogP contribution < -0.4 is 5.32 Å². The van der Waals surface area contributed by atoms with Gasteiger partial charge < -0.3 is 10.4 Å². The van der Waals surface area contributed by atoms with Crippen molar-refractivity contribution in [1.82, 2.24) is 10.3 Å². The molecule has 2 aromatic carbocycles. The molecule has 1 aliphatic rings. The number of nitrogens with one attached hydrogen (secondary N) is 1. The number of carbonyl (C=O) groups is 1. The Bertz CT molecular complexity index is 1050. The van der Waals surface area contributed by atoms with Crippen LogP contribution in [0.2, 0.25) is 10.0 Å². The summed E-state index contributed by atoms with van der Waals surface area (Å²) < 4.78 is 0. The number of rotatable bonds is 4. The zero-order valence-corrected chi connectivity index (χ0v) is 17.4. The minimum Gasteiger partial charge on any atom is -0.505 e. The Kier molecular flexibility index (Phi) is 5.93. The smallest absolute Gasteiger partial charge is 0.223 e. The minimum atomic E-state index is -0.597. The summed E-state index contributed by atoms with van der Waals surface area (Å²) in [5.41, 5.74) is 1.74. The van der Waals surface area contributed by atoms with E-state index in [1.165, 1.54) is 6.42 Å². The molecule has 0 aliphatic heterocycles. The highest BCUT2D eigenvalue weighted by atomic mass is 35.5. The molecule has 29 heavy (non-hydrogen) atoms. The average Bonchev–Trinajstić information content (AvgIpc) is 2.74. The van der Waals surface area contributed by atoms with Gasteiger partial charge in [0.05, 0.1) is 6.04 Å². The lowest BCUT2D eigenvalue weighted by Gasteiger charge is -2.27. The normalized spacial score (nSPS) is 15.9. The molecule has 1 aromatic heterocycles. The molecule has 150 valence electrons. The molecule has 4 nitrogen and oxygen atoms in total. The van der Waals surface area contributed by atoms with Gasteiger partial charge in [-0.2, -0.15) is 0 Å². The largest absolute Gasteiger partial charge is 0.505 e. The van der Waals surface area contributed by atoms with Gasteiger partial charge in [0.15, 0.2) is 0 Å². The molecular weight excluding hydrogens is 407 g/mol. The van der Waals surface area contributed by atoms with Crippen molar-refractivity contribution in [2.45, 2.75) is 38.1 Å². The van der Waals surface area contributed by atoms with Crippen LogP contribution in [0.3, 0.4) is 0 Å². The number of aromatic nitrogens is 1. The summed E-state index contributed by atoms with van der Waals surface area (Å²) in [5.74, 6) is 0.0161. The van der Waals surface area contributed by atoms with Crippen LogP contribution in [0.25, 0.3) is 10.9 Å². The van der Waals surface area contributed by atoms with Crippen molar-refractivity contribution in [3.63, 3.8) is 0 Å². The van der Waals surface area contributed by atoms with Gasteiger partial charge in [0.25, 0.3) is 0 Å². The first-order chi connectivity index (χ1) is 14.0. The number of amides is 1. The summed E-state index contributed by atoms with van der Waals surface area (Å²) in [4.78, 5) is 17.3. The fraction of sp³-hybridized carbons (Fsp3) is 0.304. The summed E-state index contributed by atoms with van der Waals surface area (Å²) in [5, 5.41) is 15.9. The zero-order valence-electron chi connectivity index (χ0n) is 15.9. The number of aromatic hydroxyl groups is 1. The number of benzene rings is 2. The highest BCUT2D eigenvalue weighted by molar-refractivity contribution is 6.35. The summed E-state index contributed by atoms with van der Waals surface area (Å²) in [6.45, 7) is 0. The summed E-state index contributed by atoms with van der Waals surface area (Å²) in [6.07, 6.45) is 6.71. The molecule has 0 bridgehead atoms. The van der Waals surface area contributed by atoms with Gasteiger partial charge in [-0.25, -0.2) is 0 Å². The number of phenolic OH excluding ortho intramolecular Hbond substituents is 1. The van der Waals surface area contributed by atoms with Gasteiger partial charge in [-0.3, -0.25) is 9.78 Å². The third-order valence-electron chi connectivity index (χ3n) is 5.63. The Balaban J connectivity index is 1.77. The van der Waals surface area contributed by atoms with E-state index in [9.17, 15) is 9.90 Å². The first-order valence-electron chi connectivity index (χ1n) is 9.86.